The number of aryl methyl sites for hydroxylation is 17. The summed E-state index contributed by atoms with van der Waals surface area (Å²) in [5, 5.41) is 0. The Morgan fingerprint density at radius 2 is 0.358 bits per heavy atom. The van der Waals surface area contributed by atoms with E-state index in [0.717, 1.165) is 12.8 Å². The molecule has 0 aromatic heterocycles. The maximum atomic E-state index is 2.30. The number of hydrogen-bond donors (Lipinski definition) is 0. The third-order valence-electron chi connectivity index (χ3n) is 14.9. The van der Waals surface area contributed by atoms with E-state index in [4.69, 9.17) is 0 Å². The van der Waals surface area contributed by atoms with Gasteiger partial charge in [0.25, 0.3) is 0 Å². The second-order valence-electron chi connectivity index (χ2n) is 22.2. The normalized spacial score (nSPS) is 9.94. The predicted octanol–water partition coefficient (Wildman–Crippen LogP) is 23.2. The molecule has 422 valence electrons. The summed E-state index contributed by atoms with van der Waals surface area (Å²) in [4.78, 5) is 0. The number of hydrogen-bond acceptors (Lipinski definition) is 0. The average Bonchev–Trinajstić information content (AvgIpc) is 3.43. The Morgan fingerprint density at radius 3 is 0.630 bits per heavy atom. The van der Waals surface area contributed by atoms with E-state index in [-0.39, 0.29) is 14.9 Å². The monoisotopic (exact) mass is 1070 g/mol. The molecular formula is C81H98. The lowest BCUT2D eigenvalue weighted by Crippen LogP contribution is -1.92. The molecule has 0 heterocycles. The summed E-state index contributed by atoms with van der Waals surface area (Å²) in [5.41, 5.74) is 33.7. The lowest BCUT2D eigenvalue weighted by atomic mass is 9.98. The van der Waals surface area contributed by atoms with Crippen LogP contribution in [0.5, 0.6) is 0 Å². The van der Waals surface area contributed by atoms with Gasteiger partial charge in [-0.3, -0.25) is 0 Å². The Balaban J connectivity index is 0.000000258. The number of benzene rings is 10. The molecule has 0 radical (unpaired) electrons. The molecule has 0 amide bonds. The van der Waals surface area contributed by atoms with E-state index < -0.39 is 0 Å². The Kier molecular flexibility index (Phi) is 28.1. The van der Waals surface area contributed by atoms with Gasteiger partial charge >= 0.3 is 0 Å². The van der Waals surface area contributed by atoms with E-state index >= 15 is 0 Å². The molecule has 0 bridgehead atoms. The van der Waals surface area contributed by atoms with Crippen molar-refractivity contribution in [2.45, 2.75) is 145 Å². The summed E-state index contributed by atoms with van der Waals surface area (Å²) >= 11 is 0. The molecule has 0 nitrogen and oxygen atoms in total. The van der Waals surface area contributed by atoms with Crippen molar-refractivity contribution in [3.63, 3.8) is 0 Å². The maximum Gasteiger partial charge on any atom is -0.00256 e. The van der Waals surface area contributed by atoms with Gasteiger partial charge in [0.2, 0.25) is 0 Å². The van der Waals surface area contributed by atoms with Crippen molar-refractivity contribution in [3.8, 4) is 22.3 Å². The van der Waals surface area contributed by atoms with Crippen LogP contribution in [-0.4, -0.2) is 0 Å². The summed E-state index contributed by atoms with van der Waals surface area (Å²) in [6.07, 6.45) is 2.06. The molecule has 0 spiro atoms. The van der Waals surface area contributed by atoms with Gasteiger partial charge in [-0.15, -0.1) is 0 Å². The van der Waals surface area contributed by atoms with Crippen molar-refractivity contribution in [1.82, 2.24) is 0 Å². The molecule has 0 aliphatic rings. The van der Waals surface area contributed by atoms with E-state index in [2.05, 4.69) is 330 Å². The van der Waals surface area contributed by atoms with Crippen molar-refractivity contribution in [3.05, 3.63) is 329 Å². The lowest BCUT2D eigenvalue weighted by Gasteiger charge is -2.08. The highest BCUT2D eigenvalue weighted by molar-refractivity contribution is 5.66. The Bertz CT molecular complexity index is 3230. The topological polar surface area (TPSA) is 0 Å². The summed E-state index contributed by atoms with van der Waals surface area (Å²) in [6, 6.07) is 76.5. The number of rotatable bonds is 6. The fraction of sp³-hybridized carbons (Fsp3) is 0.259. The standard InChI is InChI=1S/C17H20.C16H18.C15H16.C14H14.C9H12.C8H10.2CH4/c1-12-5-7-16(9-14(12)3)11-17-8-6-13(2)15(4)10-17;1-11-5-7-15(9-13(11)3)16-8-6-12(2)14(4)10-16;1-12-3-7-14(8-4-12)11-15-9-5-13(2)6-10-15;1-11-3-7-13(8-4-11)14-9-5-12(2)6-10-14;1-7-4-5-8(2)9(3)6-7;1-7-3-5-8(2)6-4-7;;/h5-10H,11H2,1-4H3;5-10H,1-4H3;3-10H,11H2,1-2H3;3-10H,1-2H3;4-6H,1-3H3;3-6H,1-2H3;2*1H4. The Morgan fingerprint density at radius 1 is 0.160 bits per heavy atom. The molecule has 0 atom stereocenters. The van der Waals surface area contributed by atoms with Crippen LogP contribution in [-0.2, 0) is 12.8 Å². The van der Waals surface area contributed by atoms with Crippen LogP contribution in [0.25, 0.3) is 22.3 Å². The van der Waals surface area contributed by atoms with E-state index in [1.807, 2.05) is 0 Å². The molecule has 10 aromatic rings. The van der Waals surface area contributed by atoms with Gasteiger partial charge in [0.15, 0.2) is 0 Å². The smallest absolute Gasteiger partial charge is 0.00256 e. The van der Waals surface area contributed by atoms with E-state index in [1.54, 1.807) is 0 Å². The zero-order valence-corrected chi connectivity index (χ0v) is 51.1. The first-order valence-corrected chi connectivity index (χ1v) is 28.2. The van der Waals surface area contributed by atoms with Crippen LogP contribution in [0.15, 0.2) is 212 Å². The Labute approximate surface area is 494 Å². The van der Waals surface area contributed by atoms with Crippen LogP contribution in [0.4, 0.5) is 0 Å². The molecule has 10 rings (SSSR count). The highest BCUT2D eigenvalue weighted by Gasteiger charge is 2.03. The molecule has 0 fully saturated rings. The third-order valence-corrected chi connectivity index (χ3v) is 14.9. The SMILES string of the molecule is C.C.Cc1ccc(-c2ccc(C)c(C)c2)cc1C.Cc1ccc(-c2ccc(C)cc2)cc1.Cc1ccc(C)c(C)c1.Cc1ccc(C)cc1.Cc1ccc(Cc2ccc(C)c(C)c2)cc1C.Cc1ccc(Cc2ccc(C)cc2)cc1. The molecule has 0 aliphatic heterocycles. The molecule has 0 N–H and O–H groups in total. The molecule has 0 unspecified atom stereocenters. The first-order valence-electron chi connectivity index (χ1n) is 28.2. The maximum absolute atomic E-state index is 2.30. The van der Waals surface area contributed by atoms with Crippen molar-refractivity contribution in [2.75, 3.05) is 0 Å². The highest BCUT2D eigenvalue weighted by atomic mass is 14.1. The molecule has 0 aliphatic carbocycles. The van der Waals surface area contributed by atoms with Gasteiger partial charge in [-0.05, 0) is 231 Å². The van der Waals surface area contributed by atoms with Gasteiger partial charge in [0.05, 0.1) is 0 Å². The van der Waals surface area contributed by atoms with Crippen LogP contribution >= 0.6 is 0 Å². The highest BCUT2D eigenvalue weighted by Crippen LogP contribution is 2.25. The second kappa shape index (κ2) is 33.7. The third kappa shape index (κ3) is 23.4. The van der Waals surface area contributed by atoms with Crippen LogP contribution in [0.3, 0.4) is 0 Å². The molecule has 10 aromatic carbocycles. The van der Waals surface area contributed by atoms with E-state index in [0.29, 0.717) is 0 Å². The van der Waals surface area contributed by atoms with Crippen molar-refractivity contribution >= 4 is 0 Å². The second-order valence-corrected chi connectivity index (χ2v) is 22.2. The fourth-order valence-corrected chi connectivity index (χ4v) is 8.57. The summed E-state index contributed by atoms with van der Waals surface area (Å²) < 4.78 is 0. The first-order chi connectivity index (χ1) is 37.6. The van der Waals surface area contributed by atoms with Crippen molar-refractivity contribution < 1.29 is 0 Å². The summed E-state index contributed by atoms with van der Waals surface area (Å²) in [6.45, 7) is 36.4. The van der Waals surface area contributed by atoms with Gasteiger partial charge in [-0.1, -0.05) is 266 Å². The minimum Gasteiger partial charge on any atom is -0.0776 e. The minimum atomic E-state index is 0. The lowest BCUT2D eigenvalue weighted by molar-refractivity contribution is 1.15. The van der Waals surface area contributed by atoms with Crippen molar-refractivity contribution in [1.29, 1.82) is 0 Å². The summed E-state index contributed by atoms with van der Waals surface area (Å²) in [7, 11) is 0. The molecular weight excluding hydrogens is 973 g/mol. The zero-order chi connectivity index (χ0) is 57.6. The minimum absolute atomic E-state index is 0. The van der Waals surface area contributed by atoms with Gasteiger partial charge < -0.3 is 0 Å². The fourth-order valence-electron chi connectivity index (χ4n) is 8.57. The van der Waals surface area contributed by atoms with Gasteiger partial charge in [0, 0.05) is 0 Å². The van der Waals surface area contributed by atoms with E-state index in [9.17, 15) is 0 Å². The summed E-state index contributed by atoms with van der Waals surface area (Å²) in [5.74, 6) is 0. The van der Waals surface area contributed by atoms with Crippen LogP contribution < -0.4 is 0 Å². The van der Waals surface area contributed by atoms with Gasteiger partial charge in [-0.2, -0.15) is 0 Å². The molecule has 0 saturated heterocycles. The zero-order valence-electron chi connectivity index (χ0n) is 51.1. The van der Waals surface area contributed by atoms with E-state index in [1.165, 1.54) is 139 Å². The first kappa shape index (κ1) is 67.5. The van der Waals surface area contributed by atoms with Crippen molar-refractivity contribution in [2.24, 2.45) is 0 Å². The van der Waals surface area contributed by atoms with Gasteiger partial charge in [0.1, 0.15) is 0 Å². The average molecular weight is 1070 g/mol. The molecule has 0 heteroatoms. The molecule has 0 saturated carbocycles. The Hall–Kier alpha value is -7.80. The quantitative estimate of drug-likeness (QED) is 0.156. The van der Waals surface area contributed by atoms with Crippen LogP contribution in [0, 0.1) is 118 Å². The van der Waals surface area contributed by atoms with Gasteiger partial charge in [-0.25, -0.2) is 0 Å². The van der Waals surface area contributed by atoms with Crippen LogP contribution in [0.1, 0.15) is 132 Å². The van der Waals surface area contributed by atoms with Crippen LogP contribution in [0.2, 0.25) is 0 Å². The predicted molar refractivity (Wildman–Crippen MR) is 362 cm³/mol. The largest absolute Gasteiger partial charge is 0.0776 e. The molecule has 81 heavy (non-hydrogen) atoms.